The van der Waals surface area contributed by atoms with E-state index in [1.54, 1.807) is 0 Å². The molecule has 0 bridgehead atoms. The normalized spacial score (nSPS) is 17.2. The zero-order valence-corrected chi connectivity index (χ0v) is 6.33. The van der Waals surface area contributed by atoms with E-state index in [0.29, 0.717) is 0 Å². The van der Waals surface area contributed by atoms with Gasteiger partial charge in [0.05, 0.1) is 12.7 Å². The number of hydrogen-bond donors (Lipinski definition) is 2. The molecule has 0 aliphatic carbocycles. The van der Waals surface area contributed by atoms with E-state index in [1.807, 2.05) is 0 Å². The molecule has 0 aromatic heterocycles. The van der Waals surface area contributed by atoms with E-state index in [-0.39, 0.29) is 13.2 Å². The Hall–Kier alpha value is 0.110. The first-order valence-corrected chi connectivity index (χ1v) is 4.50. The van der Waals surface area contributed by atoms with Crippen molar-refractivity contribution in [2.24, 2.45) is 5.73 Å². The van der Waals surface area contributed by atoms with Crippen LogP contribution >= 0.6 is 8.03 Å². The Kier molecular flexibility index (Phi) is 5.00. The third-order valence-corrected chi connectivity index (χ3v) is 1.32. The largest absolute Gasteiger partial charge is 0.389 e. The summed E-state index contributed by atoms with van der Waals surface area (Å²) in [7, 11) is -1.91. The van der Waals surface area contributed by atoms with Gasteiger partial charge in [-0.15, -0.1) is 0 Å². The molecule has 2 atom stereocenters. The van der Waals surface area contributed by atoms with Crippen molar-refractivity contribution in [2.75, 3.05) is 19.8 Å². The predicted octanol–water partition coefficient (Wildman–Crippen LogP) is -0.573. The average molecular weight is 153 g/mol. The molecule has 0 heterocycles. The second-order valence-corrected chi connectivity index (χ2v) is 2.96. The fourth-order valence-electron chi connectivity index (χ4n) is 0.282. The van der Waals surface area contributed by atoms with Gasteiger partial charge in [-0.3, -0.25) is 4.57 Å². The molecule has 0 saturated carbocycles. The number of aliphatic hydroxyl groups excluding tert-OH is 1. The lowest BCUT2D eigenvalue weighted by molar-refractivity contribution is 0.119. The third kappa shape index (κ3) is 5.99. The van der Waals surface area contributed by atoms with Gasteiger partial charge in [-0.25, -0.2) is 0 Å². The number of aliphatic hydroxyl groups is 1. The van der Waals surface area contributed by atoms with Gasteiger partial charge in [0.15, 0.2) is 8.03 Å². The molecular weight excluding hydrogens is 141 g/mol. The third-order valence-electron chi connectivity index (χ3n) is 0.751. The molecule has 2 unspecified atom stereocenters. The van der Waals surface area contributed by atoms with E-state index >= 15 is 0 Å². The van der Waals surface area contributed by atoms with Crippen LogP contribution in [0.15, 0.2) is 0 Å². The zero-order chi connectivity index (χ0) is 7.28. The number of hydrogen-bond acceptors (Lipinski definition) is 4. The minimum atomic E-state index is -1.91. The molecule has 0 amide bonds. The summed E-state index contributed by atoms with van der Waals surface area (Å²) in [5.41, 5.74) is 5.04. The molecule has 0 rings (SSSR count). The van der Waals surface area contributed by atoms with E-state index in [1.165, 1.54) is 6.66 Å². The highest BCUT2D eigenvalue weighted by molar-refractivity contribution is 7.38. The highest BCUT2D eigenvalue weighted by atomic mass is 31.1. The van der Waals surface area contributed by atoms with Gasteiger partial charge in [-0.1, -0.05) is 0 Å². The van der Waals surface area contributed by atoms with E-state index in [0.717, 1.165) is 0 Å². The summed E-state index contributed by atoms with van der Waals surface area (Å²) in [6, 6.07) is 0. The topological polar surface area (TPSA) is 72.5 Å². The maximum Gasteiger partial charge on any atom is 0.188 e. The highest BCUT2D eigenvalue weighted by Crippen LogP contribution is 2.14. The number of nitrogens with two attached hydrogens (primary N) is 1. The van der Waals surface area contributed by atoms with Gasteiger partial charge in [-0.05, 0) is 0 Å². The molecule has 5 heteroatoms. The smallest absolute Gasteiger partial charge is 0.188 e. The van der Waals surface area contributed by atoms with Crippen LogP contribution in [0.5, 0.6) is 0 Å². The van der Waals surface area contributed by atoms with E-state index in [2.05, 4.69) is 4.52 Å². The van der Waals surface area contributed by atoms with E-state index < -0.39 is 14.1 Å². The van der Waals surface area contributed by atoms with Gasteiger partial charge in [-0.2, -0.15) is 0 Å². The van der Waals surface area contributed by atoms with Gasteiger partial charge in [0.1, 0.15) is 0 Å². The lowest BCUT2D eigenvalue weighted by Gasteiger charge is -2.05. The van der Waals surface area contributed by atoms with Gasteiger partial charge in [0, 0.05) is 13.2 Å². The van der Waals surface area contributed by atoms with Gasteiger partial charge in [0.25, 0.3) is 0 Å². The van der Waals surface area contributed by atoms with Crippen LogP contribution in [0.3, 0.4) is 0 Å². The van der Waals surface area contributed by atoms with Crippen LogP contribution in [-0.2, 0) is 9.09 Å². The Bertz CT molecular complexity index is 97.8. The van der Waals surface area contributed by atoms with Crippen LogP contribution in [0, 0.1) is 0 Å². The van der Waals surface area contributed by atoms with Crippen molar-refractivity contribution in [3.63, 3.8) is 0 Å². The zero-order valence-electron chi connectivity index (χ0n) is 5.33. The average Bonchev–Trinajstić information content (AvgIpc) is 1.83. The van der Waals surface area contributed by atoms with Crippen molar-refractivity contribution in [3.8, 4) is 0 Å². The Morgan fingerprint density at radius 1 is 1.89 bits per heavy atom. The van der Waals surface area contributed by atoms with Gasteiger partial charge < -0.3 is 15.4 Å². The maximum atomic E-state index is 10.3. The summed E-state index contributed by atoms with van der Waals surface area (Å²) in [6.45, 7) is 1.69. The minimum absolute atomic E-state index is 0.0742. The molecule has 3 N–H and O–H groups in total. The monoisotopic (exact) mass is 153 g/mol. The molecule has 0 saturated heterocycles. The Balaban J connectivity index is 3.16. The molecule has 4 nitrogen and oxygen atoms in total. The van der Waals surface area contributed by atoms with Gasteiger partial charge in [0.2, 0.25) is 0 Å². The molecule has 0 radical (unpaired) electrons. The van der Waals surface area contributed by atoms with Crippen molar-refractivity contribution in [3.05, 3.63) is 0 Å². The summed E-state index contributed by atoms with van der Waals surface area (Å²) in [5, 5.41) is 8.73. The summed E-state index contributed by atoms with van der Waals surface area (Å²) in [4.78, 5) is 0. The summed E-state index contributed by atoms with van der Waals surface area (Å²) in [6.07, 6.45) is -0.682. The fraction of sp³-hybridized carbons (Fsp3) is 1.00. The lowest BCUT2D eigenvalue weighted by atomic mass is 10.4. The maximum absolute atomic E-state index is 10.3. The molecule has 0 fully saturated rings. The van der Waals surface area contributed by atoms with Gasteiger partial charge >= 0.3 is 0 Å². The van der Waals surface area contributed by atoms with Crippen molar-refractivity contribution in [1.82, 2.24) is 0 Å². The van der Waals surface area contributed by atoms with Crippen LogP contribution < -0.4 is 5.73 Å². The summed E-state index contributed by atoms with van der Waals surface area (Å²) in [5.74, 6) is 0. The lowest BCUT2D eigenvalue weighted by Crippen LogP contribution is -2.23. The van der Waals surface area contributed by atoms with Crippen LogP contribution in [0.2, 0.25) is 0 Å². The quantitative estimate of drug-likeness (QED) is 0.530. The molecule has 56 valence electrons. The van der Waals surface area contributed by atoms with Crippen molar-refractivity contribution in [2.45, 2.75) is 6.10 Å². The fourth-order valence-corrected chi connectivity index (χ4v) is 0.709. The predicted molar refractivity (Wildman–Crippen MR) is 35.9 cm³/mol. The SMILES string of the molecule is C[PH](=O)OCC(O)CN. The van der Waals surface area contributed by atoms with Crippen molar-refractivity contribution < 1.29 is 14.2 Å². The van der Waals surface area contributed by atoms with E-state index in [4.69, 9.17) is 10.8 Å². The standard InChI is InChI=1S/C4H12NO3P/c1-9(7)8-3-4(6)2-5/h4,6,9H,2-3,5H2,1H3. The highest BCUT2D eigenvalue weighted by Gasteiger charge is 2.00. The second kappa shape index (κ2) is 4.94. The molecule has 9 heavy (non-hydrogen) atoms. The molecule has 0 aromatic rings. The molecular formula is C4H12NO3P. The summed E-state index contributed by atoms with van der Waals surface area (Å²) < 4.78 is 14.9. The van der Waals surface area contributed by atoms with Crippen molar-refractivity contribution in [1.29, 1.82) is 0 Å². The molecule has 0 aliphatic heterocycles. The molecule has 0 aromatic carbocycles. The first-order chi connectivity index (χ1) is 4.16. The van der Waals surface area contributed by atoms with Crippen LogP contribution in [0.1, 0.15) is 0 Å². The first-order valence-electron chi connectivity index (χ1n) is 2.68. The molecule has 0 spiro atoms. The Morgan fingerprint density at radius 3 is 2.78 bits per heavy atom. The van der Waals surface area contributed by atoms with Crippen LogP contribution in [-0.4, -0.2) is 31.0 Å². The van der Waals surface area contributed by atoms with Crippen LogP contribution in [0.4, 0.5) is 0 Å². The summed E-state index contributed by atoms with van der Waals surface area (Å²) >= 11 is 0. The minimum Gasteiger partial charge on any atom is -0.389 e. The number of rotatable bonds is 4. The Morgan fingerprint density at radius 2 is 2.44 bits per heavy atom. The molecule has 0 aliphatic rings. The second-order valence-electron chi connectivity index (χ2n) is 1.69. The Labute approximate surface area is 54.9 Å². The first kappa shape index (κ1) is 9.11. The van der Waals surface area contributed by atoms with E-state index in [9.17, 15) is 4.57 Å². The van der Waals surface area contributed by atoms with Crippen LogP contribution in [0.25, 0.3) is 0 Å². The van der Waals surface area contributed by atoms with Crippen molar-refractivity contribution >= 4 is 8.03 Å².